The number of aryl methyl sites for hydroxylation is 1. The lowest BCUT2D eigenvalue weighted by molar-refractivity contribution is -0.124. The molecule has 5 rings (SSSR count). The van der Waals surface area contributed by atoms with E-state index in [1.807, 2.05) is 61.5 Å². The summed E-state index contributed by atoms with van der Waals surface area (Å²) in [5, 5.41) is 10.0. The Bertz CT molecular complexity index is 1250. The SMILES string of the molecule is Cc1cc(NC(=O)CSC2=Nc3ccccc3C3=N[C@H](Cc4ccccc4)C(=O)N23)n[nH]1. The van der Waals surface area contributed by atoms with Gasteiger partial charge in [-0.25, -0.2) is 9.89 Å². The van der Waals surface area contributed by atoms with Gasteiger partial charge in [0.15, 0.2) is 11.0 Å². The number of aliphatic imine (C=N–C) groups is 2. The van der Waals surface area contributed by atoms with Gasteiger partial charge in [0.25, 0.3) is 5.91 Å². The number of benzene rings is 2. The highest BCUT2D eigenvalue weighted by Gasteiger charge is 2.41. The molecule has 2 aliphatic rings. The van der Waals surface area contributed by atoms with Crippen LogP contribution >= 0.6 is 11.8 Å². The van der Waals surface area contributed by atoms with E-state index in [0.717, 1.165) is 22.5 Å². The molecular formula is C23H20N6O2S. The molecule has 0 aliphatic carbocycles. The Morgan fingerprint density at radius 3 is 2.72 bits per heavy atom. The van der Waals surface area contributed by atoms with E-state index in [9.17, 15) is 9.59 Å². The summed E-state index contributed by atoms with van der Waals surface area (Å²) in [6.07, 6.45) is 0.513. The second kappa shape index (κ2) is 8.43. The molecule has 0 bridgehead atoms. The normalized spacial score (nSPS) is 16.8. The second-order valence-electron chi connectivity index (χ2n) is 7.52. The fraction of sp³-hybridized carbons (Fsp3) is 0.174. The lowest BCUT2D eigenvalue weighted by Crippen LogP contribution is -2.41. The first-order valence-electron chi connectivity index (χ1n) is 10.2. The van der Waals surface area contributed by atoms with E-state index in [4.69, 9.17) is 4.99 Å². The van der Waals surface area contributed by atoms with Crippen LogP contribution in [-0.2, 0) is 16.0 Å². The van der Waals surface area contributed by atoms with Gasteiger partial charge in [0.1, 0.15) is 11.9 Å². The third-order valence-corrected chi connectivity index (χ3v) is 6.06. The van der Waals surface area contributed by atoms with Crippen LogP contribution in [-0.4, -0.2) is 49.7 Å². The van der Waals surface area contributed by atoms with Crippen LogP contribution in [0, 0.1) is 6.92 Å². The Balaban J connectivity index is 1.37. The molecule has 3 heterocycles. The number of thioether (sulfide) groups is 1. The fourth-order valence-corrected chi connectivity index (χ4v) is 4.46. The van der Waals surface area contributed by atoms with Gasteiger partial charge in [-0.1, -0.05) is 54.2 Å². The quantitative estimate of drug-likeness (QED) is 0.630. The minimum atomic E-state index is -0.523. The van der Waals surface area contributed by atoms with Gasteiger partial charge in [0, 0.05) is 23.7 Å². The summed E-state index contributed by atoms with van der Waals surface area (Å²) in [4.78, 5) is 36.7. The maximum absolute atomic E-state index is 13.3. The molecular weight excluding hydrogens is 424 g/mol. The van der Waals surface area contributed by atoms with Crippen LogP contribution in [0.5, 0.6) is 0 Å². The van der Waals surface area contributed by atoms with Gasteiger partial charge in [0.2, 0.25) is 5.91 Å². The molecule has 0 saturated carbocycles. The molecule has 32 heavy (non-hydrogen) atoms. The molecule has 160 valence electrons. The molecule has 3 aromatic rings. The maximum atomic E-state index is 13.3. The Hall–Kier alpha value is -3.72. The molecule has 0 saturated heterocycles. The number of aromatic nitrogens is 2. The number of hydrogen-bond acceptors (Lipinski definition) is 6. The summed E-state index contributed by atoms with van der Waals surface area (Å²) in [6, 6.07) is 18.7. The third-order valence-electron chi connectivity index (χ3n) is 5.13. The van der Waals surface area contributed by atoms with Crippen LogP contribution in [0.3, 0.4) is 0 Å². The lowest BCUT2D eigenvalue weighted by atomic mass is 10.1. The lowest BCUT2D eigenvalue weighted by Gasteiger charge is -2.25. The van der Waals surface area contributed by atoms with Crippen LogP contribution in [0.4, 0.5) is 11.5 Å². The first-order chi connectivity index (χ1) is 15.6. The number of rotatable bonds is 5. The predicted molar refractivity (Wildman–Crippen MR) is 125 cm³/mol. The summed E-state index contributed by atoms with van der Waals surface area (Å²) in [5.74, 6) is 0.786. The number of carbonyl (C=O) groups excluding carboxylic acids is 2. The summed E-state index contributed by atoms with van der Waals surface area (Å²) in [6.45, 7) is 1.86. The van der Waals surface area contributed by atoms with Gasteiger partial charge in [-0.15, -0.1) is 0 Å². The number of H-pyrrole nitrogens is 1. The second-order valence-corrected chi connectivity index (χ2v) is 8.46. The van der Waals surface area contributed by atoms with E-state index < -0.39 is 6.04 Å². The summed E-state index contributed by atoms with van der Waals surface area (Å²) in [5.41, 5.74) is 3.45. The smallest absolute Gasteiger partial charge is 0.259 e. The van der Waals surface area contributed by atoms with Crippen LogP contribution < -0.4 is 5.32 Å². The van der Waals surface area contributed by atoms with Crippen molar-refractivity contribution in [3.63, 3.8) is 0 Å². The van der Waals surface area contributed by atoms with Gasteiger partial charge in [0.05, 0.1) is 11.4 Å². The van der Waals surface area contributed by atoms with E-state index in [-0.39, 0.29) is 17.6 Å². The van der Waals surface area contributed by atoms with Crippen LogP contribution in [0.2, 0.25) is 0 Å². The number of carbonyl (C=O) groups is 2. The Morgan fingerprint density at radius 2 is 1.94 bits per heavy atom. The number of para-hydroxylation sites is 1. The highest BCUT2D eigenvalue weighted by atomic mass is 32.2. The van der Waals surface area contributed by atoms with Crippen molar-refractivity contribution in [2.24, 2.45) is 9.98 Å². The molecule has 0 fully saturated rings. The molecule has 1 atom stereocenters. The van der Waals surface area contributed by atoms with Gasteiger partial charge < -0.3 is 5.32 Å². The monoisotopic (exact) mass is 444 g/mol. The average molecular weight is 445 g/mol. The van der Waals surface area contributed by atoms with Gasteiger partial charge >= 0.3 is 0 Å². The number of amides is 2. The zero-order valence-corrected chi connectivity index (χ0v) is 18.1. The number of nitrogens with one attached hydrogen (secondary N) is 2. The van der Waals surface area contributed by atoms with Crippen molar-refractivity contribution in [1.82, 2.24) is 15.1 Å². The molecule has 2 aromatic carbocycles. The minimum Gasteiger partial charge on any atom is -0.308 e. The van der Waals surface area contributed by atoms with Crippen LogP contribution in [0.15, 0.2) is 70.6 Å². The van der Waals surface area contributed by atoms with Crippen molar-refractivity contribution in [3.05, 3.63) is 77.5 Å². The topological polar surface area (TPSA) is 103 Å². The number of fused-ring (bicyclic) bond motifs is 3. The average Bonchev–Trinajstić information content (AvgIpc) is 3.36. The molecule has 1 aromatic heterocycles. The number of amidine groups is 2. The Kier molecular flexibility index (Phi) is 5.32. The van der Waals surface area contributed by atoms with Crippen LogP contribution in [0.1, 0.15) is 16.8 Å². The van der Waals surface area contributed by atoms with Crippen LogP contribution in [0.25, 0.3) is 0 Å². The molecule has 8 nitrogen and oxygen atoms in total. The minimum absolute atomic E-state index is 0.0906. The van der Waals surface area contributed by atoms with Crippen molar-refractivity contribution >= 4 is 46.1 Å². The first kappa shape index (κ1) is 20.2. The zero-order valence-electron chi connectivity index (χ0n) is 17.3. The highest BCUT2D eigenvalue weighted by molar-refractivity contribution is 8.14. The largest absolute Gasteiger partial charge is 0.308 e. The fourth-order valence-electron chi connectivity index (χ4n) is 3.66. The van der Waals surface area contributed by atoms with E-state index in [0.29, 0.717) is 23.2 Å². The number of anilines is 1. The van der Waals surface area contributed by atoms with Crippen molar-refractivity contribution in [1.29, 1.82) is 0 Å². The first-order valence-corrected chi connectivity index (χ1v) is 11.2. The number of aromatic amines is 1. The van der Waals surface area contributed by atoms with E-state index in [1.54, 1.807) is 11.0 Å². The molecule has 0 spiro atoms. The Labute approximate surface area is 188 Å². The van der Waals surface area contributed by atoms with E-state index in [2.05, 4.69) is 20.5 Å². The van der Waals surface area contributed by atoms with E-state index in [1.165, 1.54) is 11.8 Å². The van der Waals surface area contributed by atoms with E-state index >= 15 is 0 Å². The maximum Gasteiger partial charge on any atom is 0.259 e. The van der Waals surface area contributed by atoms with Crippen molar-refractivity contribution in [2.45, 2.75) is 19.4 Å². The molecule has 9 heteroatoms. The standard InChI is InChI=1S/C23H20N6O2S/c1-14-11-19(28-27-14)26-20(30)13-32-23-25-17-10-6-5-9-16(17)21-24-18(22(31)29(21)23)12-15-7-3-2-4-8-15/h2-11,18H,12-13H2,1H3,(H2,26,27,28,30)/t18-/m1/s1. The van der Waals surface area contributed by atoms with Crippen molar-refractivity contribution in [2.75, 3.05) is 11.1 Å². The van der Waals surface area contributed by atoms with Gasteiger partial charge in [-0.2, -0.15) is 5.10 Å². The molecule has 2 amide bonds. The molecule has 0 radical (unpaired) electrons. The third kappa shape index (κ3) is 3.94. The number of nitrogens with zero attached hydrogens (tertiary/aromatic N) is 4. The summed E-state index contributed by atoms with van der Waals surface area (Å²) >= 11 is 1.21. The molecule has 0 unspecified atom stereocenters. The van der Waals surface area contributed by atoms with Crippen molar-refractivity contribution in [3.8, 4) is 0 Å². The van der Waals surface area contributed by atoms with Gasteiger partial charge in [-0.05, 0) is 24.6 Å². The highest BCUT2D eigenvalue weighted by Crippen LogP contribution is 2.34. The summed E-state index contributed by atoms with van der Waals surface area (Å²) < 4.78 is 0. The zero-order chi connectivity index (χ0) is 22.1. The van der Waals surface area contributed by atoms with Gasteiger partial charge in [-0.3, -0.25) is 19.7 Å². The predicted octanol–water partition coefficient (Wildman–Crippen LogP) is 3.29. The number of hydrogen-bond donors (Lipinski definition) is 2. The summed E-state index contributed by atoms with van der Waals surface area (Å²) in [7, 11) is 0. The van der Waals surface area contributed by atoms with Crippen molar-refractivity contribution < 1.29 is 9.59 Å². The Morgan fingerprint density at radius 1 is 1.16 bits per heavy atom. The molecule has 2 aliphatic heterocycles. The molecule has 2 N–H and O–H groups in total.